The lowest BCUT2D eigenvalue weighted by molar-refractivity contribution is -0.152. The monoisotopic (exact) mass is 400 g/mol. The zero-order chi connectivity index (χ0) is 20.1. The topological polar surface area (TPSA) is 26.3 Å². The lowest BCUT2D eigenvalue weighted by atomic mass is 9.60. The number of carbonyl (C=O) groups excluding carboxylic acids is 1. The highest BCUT2D eigenvalue weighted by Gasteiger charge is 2.51. The van der Waals surface area contributed by atoms with Gasteiger partial charge in [-0.25, -0.2) is 0 Å². The molecular formula is C27H44O2. The molecule has 0 heterocycles. The average Bonchev–Trinajstić information content (AvgIpc) is 3.12. The molecule has 6 saturated carbocycles. The van der Waals surface area contributed by atoms with E-state index in [1.165, 1.54) is 89.9 Å². The molecule has 2 nitrogen and oxygen atoms in total. The minimum Gasteiger partial charge on any atom is -0.367 e. The zero-order valence-electron chi connectivity index (χ0n) is 19.1. The third kappa shape index (κ3) is 3.97. The summed E-state index contributed by atoms with van der Waals surface area (Å²) in [5.41, 5.74) is -0.0704. The van der Waals surface area contributed by atoms with Crippen LogP contribution < -0.4 is 0 Å². The van der Waals surface area contributed by atoms with Gasteiger partial charge >= 0.3 is 0 Å². The van der Waals surface area contributed by atoms with Gasteiger partial charge in [-0.2, -0.15) is 0 Å². The Morgan fingerprint density at radius 2 is 1.41 bits per heavy atom. The van der Waals surface area contributed by atoms with Gasteiger partial charge < -0.3 is 4.74 Å². The number of ketones is 1. The fourth-order valence-corrected chi connectivity index (χ4v) is 8.76. The molecular weight excluding hydrogens is 356 g/mol. The minimum absolute atomic E-state index is 0.0187. The van der Waals surface area contributed by atoms with Crippen LogP contribution in [0.2, 0.25) is 0 Å². The van der Waals surface area contributed by atoms with Crippen molar-refractivity contribution >= 4 is 5.78 Å². The van der Waals surface area contributed by atoms with Crippen molar-refractivity contribution in [1.82, 2.24) is 0 Å². The first-order valence-electron chi connectivity index (χ1n) is 13.1. The van der Waals surface area contributed by atoms with Gasteiger partial charge in [-0.05, 0) is 106 Å². The fourth-order valence-electron chi connectivity index (χ4n) is 8.76. The molecule has 0 radical (unpaired) electrons. The quantitative estimate of drug-likeness (QED) is 0.499. The van der Waals surface area contributed by atoms with E-state index >= 15 is 0 Å². The Labute approximate surface area is 178 Å². The molecule has 0 amide bonds. The third-order valence-electron chi connectivity index (χ3n) is 10.3. The van der Waals surface area contributed by atoms with Crippen molar-refractivity contribution in [3.05, 3.63) is 0 Å². The molecule has 6 aliphatic carbocycles. The summed E-state index contributed by atoms with van der Waals surface area (Å²) in [6.45, 7) is 5.10. The second kappa shape index (κ2) is 7.95. The zero-order valence-corrected chi connectivity index (χ0v) is 19.1. The van der Waals surface area contributed by atoms with Crippen molar-refractivity contribution in [2.45, 2.75) is 116 Å². The van der Waals surface area contributed by atoms with Crippen molar-refractivity contribution in [2.75, 3.05) is 6.61 Å². The predicted octanol–water partition coefficient (Wildman–Crippen LogP) is 6.95. The van der Waals surface area contributed by atoms with Crippen molar-refractivity contribution in [3.8, 4) is 0 Å². The highest BCUT2D eigenvalue weighted by molar-refractivity contribution is 5.86. The Hall–Kier alpha value is -0.370. The number of hydrogen-bond acceptors (Lipinski definition) is 2. The summed E-state index contributed by atoms with van der Waals surface area (Å²) in [6, 6.07) is 0. The van der Waals surface area contributed by atoms with Crippen LogP contribution in [0.5, 0.6) is 0 Å². The van der Waals surface area contributed by atoms with Crippen LogP contribution in [-0.4, -0.2) is 18.0 Å². The van der Waals surface area contributed by atoms with E-state index in [0.29, 0.717) is 18.3 Å². The van der Waals surface area contributed by atoms with E-state index < -0.39 is 0 Å². The lowest BCUT2D eigenvalue weighted by Gasteiger charge is -2.45. The van der Waals surface area contributed by atoms with E-state index in [4.69, 9.17) is 4.74 Å². The lowest BCUT2D eigenvalue weighted by Crippen LogP contribution is -2.45. The fraction of sp³-hybridized carbons (Fsp3) is 0.963. The van der Waals surface area contributed by atoms with Gasteiger partial charge in [0.25, 0.3) is 0 Å². The summed E-state index contributed by atoms with van der Waals surface area (Å²) in [4.78, 5) is 13.7. The van der Waals surface area contributed by atoms with Crippen LogP contribution in [0.4, 0.5) is 0 Å². The van der Waals surface area contributed by atoms with Crippen LogP contribution in [0.3, 0.4) is 0 Å². The van der Waals surface area contributed by atoms with E-state index in [2.05, 4.69) is 13.8 Å². The van der Waals surface area contributed by atoms with Gasteiger partial charge in [0.2, 0.25) is 0 Å². The van der Waals surface area contributed by atoms with Gasteiger partial charge in [0, 0.05) is 5.41 Å². The highest BCUT2D eigenvalue weighted by atomic mass is 16.5. The van der Waals surface area contributed by atoms with Crippen LogP contribution >= 0.6 is 0 Å². The predicted molar refractivity (Wildman–Crippen MR) is 118 cm³/mol. The Morgan fingerprint density at radius 3 is 2.14 bits per heavy atom. The molecule has 5 atom stereocenters. The Kier molecular flexibility index (Phi) is 5.63. The molecule has 2 heteroatoms. The second-order valence-electron chi connectivity index (χ2n) is 12.5. The van der Waals surface area contributed by atoms with Gasteiger partial charge in [-0.3, -0.25) is 4.79 Å². The van der Waals surface area contributed by atoms with Crippen molar-refractivity contribution < 1.29 is 9.53 Å². The number of ether oxygens (including phenoxy) is 1. The molecule has 0 aliphatic heterocycles. The van der Waals surface area contributed by atoms with Crippen LogP contribution in [-0.2, 0) is 9.53 Å². The number of hydrogen-bond donors (Lipinski definition) is 0. The standard InChI is InChI=1S/C27H44O2/c1-19(2)27(10-8-20-5-3-4-6-22(11-20)17-27)29-18-25(28)26-9-7-21-12-23(15-26)14-24(13-21)16-26/h19-24H,3-18H2,1-2H3/t20-,21?,22-,23?,24?,26?,27-/m1/s1. The van der Waals surface area contributed by atoms with E-state index in [0.717, 1.165) is 36.0 Å². The summed E-state index contributed by atoms with van der Waals surface area (Å²) < 4.78 is 6.80. The normalized spacial score (nSPS) is 46.9. The molecule has 0 aromatic carbocycles. The number of fused-ring (bicyclic) bond motifs is 3. The number of rotatable bonds is 5. The summed E-state index contributed by atoms with van der Waals surface area (Å²) in [5, 5.41) is 0. The van der Waals surface area contributed by atoms with Gasteiger partial charge in [-0.1, -0.05) is 39.5 Å². The molecule has 0 spiro atoms. The Bertz CT molecular complexity index is 596. The van der Waals surface area contributed by atoms with Crippen LogP contribution in [0.1, 0.15) is 110 Å². The molecule has 29 heavy (non-hydrogen) atoms. The molecule has 0 aromatic heterocycles. The molecule has 2 unspecified atom stereocenters. The van der Waals surface area contributed by atoms with Gasteiger partial charge in [0.05, 0.1) is 5.60 Å². The Morgan fingerprint density at radius 1 is 0.793 bits per heavy atom. The van der Waals surface area contributed by atoms with E-state index in [9.17, 15) is 4.79 Å². The minimum atomic E-state index is -0.0516. The molecule has 6 bridgehead atoms. The maximum atomic E-state index is 13.7. The number of carbonyl (C=O) groups is 1. The molecule has 0 saturated heterocycles. The molecule has 6 fully saturated rings. The van der Waals surface area contributed by atoms with Crippen molar-refractivity contribution in [3.63, 3.8) is 0 Å². The molecule has 6 aliphatic rings. The van der Waals surface area contributed by atoms with Gasteiger partial charge in [0.1, 0.15) is 6.61 Å². The molecule has 0 aromatic rings. The van der Waals surface area contributed by atoms with Crippen molar-refractivity contribution in [2.24, 2.45) is 40.9 Å². The van der Waals surface area contributed by atoms with E-state index in [1.54, 1.807) is 0 Å². The third-order valence-corrected chi connectivity index (χ3v) is 10.3. The average molecular weight is 401 g/mol. The first-order valence-corrected chi connectivity index (χ1v) is 13.1. The van der Waals surface area contributed by atoms with Crippen molar-refractivity contribution in [1.29, 1.82) is 0 Å². The maximum absolute atomic E-state index is 13.7. The SMILES string of the molecule is CC(C)[C@@]1(OCC(=O)C23CCC4CC(CC(C4)C2)C3)CC[C@H]2CCCC[C@H](C2)C1. The van der Waals surface area contributed by atoms with Crippen LogP contribution in [0.25, 0.3) is 0 Å². The molecule has 6 rings (SSSR count). The first-order chi connectivity index (χ1) is 14.0. The second-order valence-corrected chi connectivity index (χ2v) is 12.5. The van der Waals surface area contributed by atoms with Crippen LogP contribution in [0.15, 0.2) is 0 Å². The largest absolute Gasteiger partial charge is 0.367 e. The van der Waals surface area contributed by atoms with E-state index in [1.807, 2.05) is 0 Å². The van der Waals surface area contributed by atoms with Crippen LogP contribution in [0, 0.1) is 40.9 Å². The van der Waals surface area contributed by atoms with Gasteiger partial charge in [0.15, 0.2) is 5.78 Å². The maximum Gasteiger partial charge on any atom is 0.164 e. The summed E-state index contributed by atoms with van der Waals surface area (Å²) in [5.74, 6) is 5.31. The smallest absolute Gasteiger partial charge is 0.164 e. The Balaban J connectivity index is 1.30. The summed E-state index contributed by atoms with van der Waals surface area (Å²) in [7, 11) is 0. The highest BCUT2D eigenvalue weighted by Crippen LogP contribution is 2.57. The first kappa shape index (κ1) is 20.5. The number of Topliss-reactive ketones (excluding diaryl/α,β-unsaturated/α-hetero) is 1. The van der Waals surface area contributed by atoms with E-state index in [-0.39, 0.29) is 11.0 Å². The van der Waals surface area contributed by atoms with Gasteiger partial charge in [-0.15, -0.1) is 0 Å². The summed E-state index contributed by atoms with van der Waals surface area (Å²) in [6.07, 6.45) is 19.8. The summed E-state index contributed by atoms with van der Waals surface area (Å²) >= 11 is 0. The molecule has 164 valence electrons. The molecule has 0 N–H and O–H groups in total.